The number of methoxy groups -OCH3 is 1. The molecule has 94 valence electrons. The lowest BCUT2D eigenvalue weighted by Gasteiger charge is -2.17. The molecule has 0 saturated carbocycles. The Balaban J connectivity index is 2.69. The molecular weight excluding hydrogens is 234 g/mol. The van der Waals surface area contributed by atoms with Crippen molar-refractivity contribution in [1.82, 2.24) is 4.98 Å². The molecule has 1 heterocycles. The molecule has 2 atom stereocenters. The van der Waals surface area contributed by atoms with Gasteiger partial charge in [-0.15, -0.1) is 11.3 Å². The third-order valence-corrected chi connectivity index (χ3v) is 3.51. The lowest BCUT2D eigenvalue weighted by molar-refractivity contribution is -0.125. The summed E-state index contributed by atoms with van der Waals surface area (Å²) < 4.78 is 5.33. The van der Waals surface area contributed by atoms with Gasteiger partial charge in [0.15, 0.2) is 0 Å². The van der Waals surface area contributed by atoms with E-state index in [1.54, 1.807) is 18.4 Å². The van der Waals surface area contributed by atoms with Crippen LogP contribution in [0, 0.1) is 12.8 Å². The molecule has 0 aliphatic heterocycles. The molecule has 0 bridgehead atoms. The van der Waals surface area contributed by atoms with Crippen molar-refractivity contribution in [3.05, 3.63) is 22.2 Å². The van der Waals surface area contributed by atoms with Crippen LogP contribution in [0.25, 0.3) is 6.08 Å². The third kappa shape index (κ3) is 4.06. The van der Waals surface area contributed by atoms with E-state index >= 15 is 0 Å². The number of carbonyl (C=O) groups is 1. The maximum Gasteiger partial charge on any atom is 0.138 e. The van der Waals surface area contributed by atoms with Crippen LogP contribution in [0.15, 0.2) is 11.5 Å². The first-order valence-corrected chi connectivity index (χ1v) is 6.62. The van der Waals surface area contributed by atoms with Crippen molar-refractivity contribution in [3.63, 3.8) is 0 Å². The smallest absolute Gasteiger partial charge is 0.138 e. The number of hydrogen-bond donors (Lipinski definition) is 0. The molecule has 0 fully saturated rings. The van der Waals surface area contributed by atoms with Crippen LogP contribution in [-0.4, -0.2) is 24.0 Å². The molecule has 0 radical (unpaired) electrons. The monoisotopic (exact) mass is 253 g/mol. The van der Waals surface area contributed by atoms with E-state index in [-0.39, 0.29) is 17.8 Å². The number of aromatic nitrogens is 1. The van der Waals surface area contributed by atoms with Crippen LogP contribution >= 0.6 is 11.3 Å². The van der Waals surface area contributed by atoms with Gasteiger partial charge in [0.25, 0.3) is 0 Å². The summed E-state index contributed by atoms with van der Waals surface area (Å²) in [5.41, 5.74) is 0.922. The minimum Gasteiger partial charge on any atom is -0.377 e. The van der Waals surface area contributed by atoms with Crippen LogP contribution in [0.4, 0.5) is 0 Å². The predicted molar refractivity (Wildman–Crippen MR) is 71.1 cm³/mol. The highest BCUT2D eigenvalue weighted by molar-refractivity contribution is 7.09. The van der Waals surface area contributed by atoms with Crippen LogP contribution in [0.2, 0.25) is 0 Å². The highest BCUT2D eigenvalue weighted by atomic mass is 32.1. The second-order valence-corrected chi connectivity index (χ2v) is 5.02. The fraction of sp³-hybridized carbons (Fsp3) is 0.538. The van der Waals surface area contributed by atoms with Crippen molar-refractivity contribution >= 4 is 23.2 Å². The number of aryl methyl sites for hydroxylation is 1. The molecule has 2 unspecified atom stereocenters. The number of ketones is 1. The van der Waals surface area contributed by atoms with E-state index in [2.05, 4.69) is 4.98 Å². The van der Waals surface area contributed by atoms with Crippen LogP contribution in [0.3, 0.4) is 0 Å². The maximum atomic E-state index is 11.6. The van der Waals surface area contributed by atoms with Crippen molar-refractivity contribution < 1.29 is 9.53 Å². The second-order valence-electron chi connectivity index (χ2n) is 3.96. The lowest BCUT2D eigenvalue weighted by Crippen LogP contribution is -2.25. The van der Waals surface area contributed by atoms with Crippen molar-refractivity contribution in [2.45, 2.75) is 33.3 Å². The maximum absolute atomic E-state index is 11.6. The summed E-state index contributed by atoms with van der Waals surface area (Å²) >= 11 is 1.61. The molecule has 1 rings (SSSR count). The number of ether oxygens (including phenoxy) is 1. The van der Waals surface area contributed by atoms with E-state index in [9.17, 15) is 4.79 Å². The van der Waals surface area contributed by atoms with Gasteiger partial charge >= 0.3 is 0 Å². The molecule has 0 spiro atoms. The molecular formula is C13H19NO2S. The Hall–Kier alpha value is -1.00. The molecule has 0 N–H and O–H groups in total. The molecule has 0 aliphatic rings. The standard InChI is InChI=1S/C13H19NO2S/c1-5-12(15)9(2)13(16-4)7-6-11-8-17-10(3)14-11/h6-9,13H,5H2,1-4H3/b7-6+. The van der Waals surface area contributed by atoms with Gasteiger partial charge in [0.1, 0.15) is 5.78 Å². The lowest BCUT2D eigenvalue weighted by atomic mass is 9.97. The molecule has 0 aliphatic carbocycles. The average molecular weight is 253 g/mol. The van der Waals surface area contributed by atoms with Gasteiger partial charge in [-0.25, -0.2) is 4.98 Å². The first-order valence-electron chi connectivity index (χ1n) is 5.74. The van der Waals surface area contributed by atoms with Crippen LogP contribution in [0.5, 0.6) is 0 Å². The van der Waals surface area contributed by atoms with Crippen LogP contribution < -0.4 is 0 Å². The zero-order valence-corrected chi connectivity index (χ0v) is 11.6. The number of hydrogen-bond acceptors (Lipinski definition) is 4. The predicted octanol–water partition coefficient (Wildman–Crippen LogP) is 3.09. The Kier molecular flexibility index (Phi) is 5.51. The summed E-state index contributed by atoms with van der Waals surface area (Å²) in [6.45, 7) is 5.74. The number of nitrogens with zero attached hydrogens (tertiary/aromatic N) is 1. The van der Waals surface area contributed by atoms with E-state index in [4.69, 9.17) is 4.74 Å². The van der Waals surface area contributed by atoms with Crippen molar-refractivity contribution in [2.24, 2.45) is 5.92 Å². The van der Waals surface area contributed by atoms with Gasteiger partial charge in [0.2, 0.25) is 0 Å². The Morgan fingerprint density at radius 3 is 2.82 bits per heavy atom. The highest BCUT2D eigenvalue weighted by Crippen LogP contribution is 2.15. The van der Waals surface area contributed by atoms with Gasteiger partial charge in [-0.1, -0.05) is 19.9 Å². The van der Waals surface area contributed by atoms with E-state index in [1.807, 2.05) is 38.3 Å². The van der Waals surface area contributed by atoms with Crippen molar-refractivity contribution in [1.29, 1.82) is 0 Å². The Bertz CT molecular complexity index is 398. The van der Waals surface area contributed by atoms with Gasteiger partial charge in [-0.3, -0.25) is 4.79 Å². The third-order valence-electron chi connectivity index (χ3n) is 2.71. The molecule has 0 saturated heterocycles. The Morgan fingerprint density at radius 2 is 2.35 bits per heavy atom. The van der Waals surface area contributed by atoms with Gasteiger partial charge in [0.05, 0.1) is 16.8 Å². The summed E-state index contributed by atoms with van der Waals surface area (Å²) in [5.74, 6) is 0.108. The molecule has 1 aromatic rings. The van der Waals surface area contributed by atoms with E-state index in [0.29, 0.717) is 6.42 Å². The summed E-state index contributed by atoms with van der Waals surface area (Å²) in [6.07, 6.45) is 4.19. The first kappa shape index (κ1) is 14.1. The topological polar surface area (TPSA) is 39.2 Å². The fourth-order valence-corrected chi connectivity index (χ4v) is 2.19. The number of Topliss-reactive ketones (excluding diaryl/α,β-unsaturated/α-hetero) is 1. The molecule has 0 aromatic carbocycles. The molecule has 0 amide bonds. The van der Waals surface area contributed by atoms with Gasteiger partial charge in [-0.2, -0.15) is 0 Å². The molecule has 17 heavy (non-hydrogen) atoms. The average Bonchev–Trinajstić information content (AvgIpc) is 2.74. The van der Waals surface area contributed by atoms with E-state index < -0.39 is 0 Å². The van der Waals surface area contributed by atoms with Crippen LogP contribution in [-0.2, 0) is 9.53 Å². The largest absolute Gasteiger partial charge is 0.377 e. The highest BCUT2D eigenvalue weighted by Gasteiger charge is 2.19. The molecule has 3 nitrogen and oxygen atoms in total. The molecule has 1 aromatic heterocycles. The molecule has 4 heteroatoms. The summed E-state index contributed by atoms with van der Waals surface area (Å²) in [4.78, 5) is 15.9. The van der Waals surface area contributed by atoms with Crippen molar-refractivity contribution in [2.75, 3.05) is 7.11 Å². The SMILES string of the molecule is CCC(=O)C(C)C(/C=C/c1csc(C)n1)OC. The zero-order chi connectivity index (χ0) is 12.8. The zero-order valence-electron chi connectivity index (χ0n) is 10.8. The number of carbonyl (C=O) groups excluding carboxylic acids is 1. The van der Waals surface area contributed by atoms with E-state index in [0.717, 1.165) is 10.7 Å². The summed E-state index contributed by atoms with van der Waals surface area (Å²) in [6, 6.07) is 0. The minimum absolute atomic E-state index is 0.110. The number of thiazole rings is 1. The van der Waals surface area contributed by atoms with Crippen molar-refractivity contribution in [3.8, 4) is 0 Å². The Labute approximate surface area is 107 Å². The van der Waals surface area contributed by atoms with Gasteiger partial charge in [0, 0.05) is 24.8 Å². The van der Waals surface area contributed by atoms with Crippen LogP contribution in [0.1, 0.15) is 31.0 Å². The normalized spacial score (nSPS) is 15.1. The quantitative estimate of drug-likeness (QED) is 0.782. The summed E-state index contributed by atoms with van der Waals surface area (Å²) in [5, 5.41) is 3.03. The second kappa shape index (κ2) is 6.67. The first-order chi connectivity index (χ1) is 8.08. The fourth-order valence-electron chi connectivity index (χ4n) is 1.60. The number of rotatable bonds is 6. The minimum atomic E-state index is -0.176. The Morgan fingerprint density at radius 1 is 1.65 bits per heavy atom. The summed E-state index contributed by atoms with van der Waals surface area (Å²) in [7, 11) is 1.63. The van der Waals surface area contributed by atoms with Gasteiger partial charge in [-0.05, 0) is 13.0 Å². The van der Waals surface area contributed by atoms with E-state index in [1.165, 1.54) is 0 Å². The van der Waals surface area contributed by atoms with Gasteiger partial charge < -0.3 is 4.74 Å².